The lowest BCUT2D eigenvalue weighted by atomic mass is 10.1. The molecule has 0 saturated heterocycles. The van der Waals surface area contributed by atoms with Crippen LogP contribution in [-0.4, -0.2) is 19.8 Å². The molecule has 0 saturated carbocycles. The van der Waals surface area contributed by atoms with Crippen LogP contribution in [0.3, 0.4) is 0 Å². The molecule has 0 aliphatic carbocycles. The molecule has 0 aliphatic rings. The minimum absolute atomic E-state index is 0.605. The van der Waals surface area contributed by atoms with Gasteiger partial charge in [0, 0.05) is 6.54 Å². The van der Waals surface area contributed by atoms with Crippen molar-refractivity contribution in [2.75, 3.05) is 25.1 Å². The van der Waals surface area contributed by atoms with Crippen LogP contribution in [0.2, 0.25) is 0 Å². The minimum Gasteiger partial charge on any atom is -0.491 e. The maximum absolute atomic E-state index is 6.01. The van der Waals surface area contributed by atoms with Crippen LogP contribution in [-0.2, 0) is 6.42 Å². The summed E-state index contributed by atoms with van der Waals surface area (Å²) in [5, 5.41) is 3.43. The summed E-state index contributed by atoms with van der Waals surface area (Å²) in [6.45, 7) is 6.18. The average molecular weight is 376 g/mol. The van der Waals surface area contributed by atoms with E-state index in [9.17, 15) is 0 Å². The summed E-state index contributed by atoms with van der Waals surface area (Å²) in [7, 11) is 0. The lowest BCUT2D eigenvalue weighted by Crippen LogP contribution is -2.13. The normalized spacial score (nSPS) is 10.5. The van der Waals surface area contributed by atoms with Gasteiger partial charge >= 0.3 is 0 Å². The SMILES string of the molecule is Cc1cccc(C)c1OCCNc1ccccc1OCCCc1ccccc1. The van der Waals surface area contributed by atoms with Gasteiger partial charge in [-0.1, -0.05) is 60.7 Å². The van der Waals surface area contributed by atoms with Gasteiger partial charge in [-0.3, -0.25) is 0 Å². The van der Waals surface area contributed by atoms with Gasteiger partial charge in [0.1, 0.15) is 18.1 Å². The molecule has 0 atom stereocenters. The van der Waals surface area contributed by atoms with E-state index in [0.717, 1.165) is 36.6 Å². The summed E-state index contributed by atoms with van der Waals surface area (Å²) < 4.78 is 12.0. The third-order valence-electron chi connectivity index (χ3n) is 4.67. The second kappa shape index (κ2) is 10.4. The Balaban J connectivity index is 1.44. The molecule has 0 unspecified atom stereocenters. The van der Waals surface area contributed by atoms with E-state index in [1.165, 1.54) is 16.7 Å². The van der Waals surface area contributed by atoms with E-state index in [4.69, 9.17) is 9.47 Å². The van der Waals surface area contributed by atoms with Crippen LogP contribution in [0.25, 0.3) is 0 Å². The highest BCUT2D eigenvalue weighted by molar-refractivity contribution is 5.56. The largest absolute Gasteiger partial charge is 0.491 e. The molecule has 0 heterocycles. The number of anilines is 1. The van der Waals surface area contributed by atoms with Crippen LogP contribution in [0, 0.1) is 13.8 Å². The van der Waals surface area contributed by atoms with Gasteiger partial charge in [-0.25, -0.2) is 0 Å². The van der Waals surface area contributed by atoms with Gasteiger partial charge < -0.3 is 14.8 Å². The molecule has 0 radical (unpaired) electrons. The maximum atomic E-state index is 6.01. The number of rotatable bonds is 10. The van der Waals surface area contributed by atoms with Gasteiger partial charge in [-0.2, -0.15) is 0 Å². The summed E-state index contributed by atoms with van der Waals surface area (Å²) in [5.41, 5.74) is 4.69. The number of hydrogen-bond donors (Lipinski definition) is 1. The molecule has 0 spiro atoms. The molecule has 0 amide bonds. The molecule has 0 bridgehead atoms. The van der Waals surface area contributed by atoms with Gasteiger partial charge in [0.15, 0.2) is 0 Å². The number of nitrogens with one attached hydrogen (secondary N) is 1. The van der Waals surface area contributed by atoms with Crippen molar-refractivity contribution >= 4 is 5.69 Å². The number of ether oxygens (including phenoxy) is 2. The van der Waals surface area contributed by atoms with E-state index in [1.54, 1.807) is 0 Å². The van der Waals surface area contributed by atoms with Crippen molar-refractivity contribution in [1.82, 2.24) is 0 Å². The molecule has 28 heavy (non-hydrogen) atoms. The summed E-state index contributed by atoms with van der Waals surface area (Å²) in [6.07, 6.45) is 2.02. The van der Waals surface area contributed by atoms with Crippen molar-refractivity contribution in [3.8, 4) is 11.5 Å². The zero-order valence-electron chi connectivity index (χ0n) is 16.8. The van der Waals surface area contributed by atoms with Crippen molar-refractivity contribution in [3.05, 3.63) is 89.5 Å². The molecule has 0 aromatic heterocycles. The third kappa shape index (κ3) is 5.78. The van der Waals surface area contributed by atoms with Crippen LogP contribution < -0.4 is 14.8 Å². The van der Waals surface area contributed by atoms with E-state index in [-0.39, 0.29) is 0 Å². The first-order chi connectivity index (χ1) is 13.7. The second-order valence-electron chi connectivity index (χ2n) is 6.93. The van der Waals surface area contributed by atoms with Crippen LogP contribution in [0.4, 0.5) is 5.69 Å². The average Bonchev–Trinajstić information content (AvgIpc) is 2.72. The standard InChI is InChI=1S/C25H29NO2/c1-20-10-8-11-21(2)25(20)28-19-17-26-23-15-6-7-16-24(23)27-18-9-14-22-12-4-3-5-13-22/h3-8,10-13,15-16,26H,9,14,17-19H2,1-2H3. The second-order valence-corrected chi connectivity index (χ2v) is 6.93. The first-order valence-corrected chi connectivity index (χ1v) is 9.92. The number of para-hydroxylation sites is 3. The number of hydrogen-bond acceptors (Lipinski definition) is 3. The Morgan fingerprint density at radius 1 is 0.714 bits per heavy atom. The van der Waals surface area contributed by atoms with Crippen LogP contribution >= 0.6 is 0 Å². The molecule has 1 N–H and O–H groups in total. The number of benzene rings is 3. The molecule has 3 aromatic rings. The van der Waals surface area contributed by atoms with Crippen molar-refractivity contribution in [2.45, 2.75) is 26.7 Å². The third-order valence-corrected chi connectivity index (χ3v) is 4.67. The van der Waals surface area contributed by atoms with Crippen molar-refractivity contribution in [2.24, 2.45) is 0 Å². The summed E-state index contributed by atoms with van der Waals surface area (Å²) in [5.74, 6) is 1.87. The molecule has 146 valence electrons. The lowest BCUT2D eigenvalue weighted by Gasteiger charge is -2.15. The Bertz CT molecular complexity index is 841. The van der Waals surface area contributed by atoms with E-state index < -0.39 is 0 Å². The molecule has 3 aromatic carbocycles. The summed E-state index contributed by atoms with van der Waals surface area (Å²) in [6, 6.07) is 24.8. The Kier molecular flexibility index (Phi) is 7.36. The van der Waals surface area contributed by atoms with Gasteiger partial charge in [0.2, 0.25) is 0 Å². The number of aryl methyl sites for hydroxylation is 3. The van der Waals surface area contributed by atoms with Gasteiger partial charge in [0.25, 0.3) is 0 Å². The highest BCUT2D eigenvalue weighted by Crippen LogP contribution is 2.25. The monoisotopic (exact) mass is 375 g/mol. The molecular weight excluding hydrogens is 346 g/mol. The first kappa shape index (κ1) is 19.8. The molecule has 0 fully saturated rings. The zero-order valence-corrected chi connectivity index (χ0v) is 16.8. The Morgan fingerprint density at radius 3 is 2.21 bits per heavy atom. The van der Waals surface area contributed by atoms with E-state index >= 15 is 0 Å². The fourth-order valence-electron chi connectivity index (χ4n) is 3.21. The van der Waals surface area contributed by atoms with Crippen LogP contribution in [0.5, 0.6) is 11.5 Å². The maximum Gasteiger partial charge on any atom is 0.142 e. The van der Waals surface area contributed by atoms with Gasteiger partial charge in [0.05, 0.1) is 12.3 Å². The van der Waals surface area contributed by atoms with E-state index in [1.807, 2.05) is 30.3 Å². The smallest absolute Gasteiger partial charge is 0.142 e. The van der Waals surface area contributed by atoms with E-state index in [2.05, 4.69) is 61.6 Å². The van der Waals surface area contributed by atoms with Crippen LogP contribution in [0.1, 0.15) is 23.1 Å². The van der Waals surface area contributed by atoms with Gasteiger partial charge in [-0.15, -0.1) is 0 Å². The fourth-order valence-corrected chi connectivity index (χ4v) is 3.21. The zero-order chi connectivity index (χ0) is 19.6. The minimum atomic E-state index is 0.605. The lowest BCUT2D eigenvalue weighted by molar-refractivity contribution is 0.311. The predicted octanol–water partition coefficient (Wildman–Crippen LogP) is 5.81. The van der Waals surface area contributed by atoms with Crippen molar-refractivity contribution < 1.29 is 9.47 Å². The van der Waals surface area contributed by atoms with Crippen LogP contribution in [0.15, 0.2) is 72.8 Å². The fraction of sp³-hybridized carbons (Fsp3) is 0.280. The Hall–Kier alpha value is -2.94. The summed E-state index contributed by atoms with van der Waals surface area (Å²) >= 11 is 0. The topological polar surface area (TPSA) is 30.5 Å². The van der Waals surface area contributed by atoms with Crippen molar-refractivity contribution in [3.63, 3.8) is 0 Å². The quantitative estimate of drug-likeness (QED) is 0.454. The highest BCUT2D eigenvalue weighted by Gasteiger charge is 2.05. The summed E-state index contributed by atoms with van der Waals surface area (Å²) in [4.78, 5) is 0. The molecule has 3 rings (SSSR count). The molecule has 3 heteroatoms. The van der Waals surface area contributed by atoms with Crippen molar-refractivity contribution in [1.29, 1.82) is 0 Å². The molecule has 3 nitrogen and oxygen atoms in total. The first-order valence-electron chi connectivity index (χ1n) is 9.92. The predicted molar refractivity (Wildman–Crippen MR) is 117 cm³/mol. The van der Waals surface area contributed by atoms with E-state index in [0.29, 0.717) is 13.2 Å². The highest BCUT2D eigenvalue weighted by atomic mass is 16.5. The molecular formula is C25H29NO2. The Labute approximate surface area is 168 Å². The Morgan fingerprint density at radius 2 is 1.43 bits per heavy atom. The molecule has 0 aliphatic heterocycles. The van der Waals surface area contributed by atoms with Gasteiger partial charge in [-0.05, 0) is 55.5 Å².